The van der Waals surface area contributed by atoms with E-state index in [-0.39, 0.29) is 11.5 Å². The molecule has 0 aliphatic carbocycles. The van der Waals surface area contributed by atoms with Crippen LogP contribution in [0.5, 0.6) is 0 Å². The van der Waals surface area contributed by atoms with Gasteiger partial charge >= 0.3 is 12.1 Å². The van der Waals surface area contributed by atoms with Gasteiger partial charge in [0.25, 0.3) is 0 Å². The zero-order valence-electron chi connectivity index (χ0n) is 28.0. The van der Waals surface area contributed by atoms with E-state index in [2.05, 4.69) is 5.32 Å². The Labute approximate surface area is 259 Å². The number of aliphatic carboxylic acids is 1. The second-order valence-electron chi connectivity index (χ2n) is 13.4. The van der Waals surface area contributed by atoms with Gasteiger partial charge in [-0.1, -0.05) is 64.1 Å². The average Bonchev–Trinajstić information content (AvgIpc) is 2.88. The van der Waals surface area contributed by atoms with Crippen LogP contribution in [0, 0.1) is 5.92 Å². The van der Waals surface area contributed by atoms with Gasteiger partial charge in [0.2, 0.25) is 11.8 Å². The number of carboxylic acid groups (broad SMARTS) is 1. The van der Waals surface area contributed by atoms with Crippen molar-refractivity contribution in [3.8, 4) is 0 Å². The van der Waals surface area contributed by atoms with E-state index < -0.39 is 68.6 Å². The molecule has 0 aromatic heterocycles. The lowest BCUT2D eigenvalue weighted by Crippen LogP contribution is -2.65. The summed E-state index contributed by atoms with van der Waals surface area (Å²) in [4.78, 5) is 55.9. The topological polar surface area (TPSA) is 133 Å². The molecule has 0 aliphatic heterocycles. The molecule has 0 spiro atoms. The molecule has 0 aliphatic rings. The van der Waals surface area contributed by atoms with Crippen molar-refractivity contribution < 1.29 is 33.2 Å². The molecule has 0 saturated heterocycles. The summed E-state index contributed by atoms with van der Waals surface area (Å²) in [5.41, 5.74) is -0.925. The van der Waals surface area contributed by atoms with Gasteiger partial charge in [-0.25, -0.2) is 9.59 Å². The van der Waals surface area contributed by atoms with Crippen LogP contribution in [0.15, 0.2) is 42.0 Å². The van der Waals surface area contributed by atoms with Crippen LogP contribution in [0.2, 0.25) is 0 Å². The molecule has 0 fully saturated rings. The van der Waals surface area contributed by atoms with Gasteiger partial charge in [-0.3, -0.25) is 18.7 Å². The van der Waals surface area contributed by atoms with Crippen LogP contribution < -0.4 is 5.32 Å². The fraction of sp³-hybridized carbons (Fsp3) is 0.625. The Morgan fingerprint density at radius 3 is 1.88 bits per heavy atom. The third-order valence-electron chi connectivity index (χ3n) is 7.72. The summed E-state index contributed by atoms with van der Waals surface area (Å²) in [6, 6.07) is 6.19. The fourth-order valence-electron chi connectivity index (χ4n) is 4.80. The highest BCUT2D eigenvalue weighted by Gasteiger charge is 2.47. The number of nitrogens with zero attached hydrogens (tertiary/aromatic N) is 2. The van der Waals surface area contributed by atoms with E-state index in [1.54, 1.807) is 34.6 Å². The van der Waals surface area contributed by atoms with Crippen molar-refractivity contribution in [2.45, 2.75) is 103 Å². The van der Waals surface area contributed by atoms with Gasteiger partial charge in [0.05, 0.1) is 10.8 Å². The second kappa shape index (κ2) is 14.5. The SMILES string of the molecule is CC(=C[C@H](C(C)C)N(C)C(=O)[C@@H](NC(=O)[C@@H](N(C)C(=O)OC(C)(C)C)C(C)(C)c1ccccc1)C(C)(C)S(C)=O)C(=O)O. The number of nitrogens with one attached hydrogen (secondary N) is 1. The number of benzene rings is 1. The first kappa shape index (κ1) is 37.8. The number of carbonyl (C=O) groups excluding carboxylic acids is 3. The van der Waals surface area contributed by atoms with Crippen LogP contribution in [0.25, 0.3) is 0 Å². The molecule has 0 radical (unpaired) electrons. The van der Waals surface area contributed by atoms with Crippen molar-refractivity contribution in [1.82, 2.24) is 15.1 Å². The average molecular weight is 622 g/mol. The largest absolute Gasteiger partial charge is 0.478 e. The van der Waals surface area contributed by atoms with Crippen molar-refractivity contribution >= 4 is 34.7 Å². The van der Waals surface area contributed by atoms with E-state index in [4.69, 9.17) is 4.74 Å². The number of likely N-dealkylation sites (N-methyl/N-ethyl adjacent to an activating group) is 2. The number of carboxylic acids is 1. The zero-order valence-corrected chi connectivity index (χ0v) is 28.8. The molecule has 1 aromatic rings. The summed E-state index contributed by atoms with van der Waals surface area (Å²) >= 11 is 0. The molecule has 2 N–H and O–H groups in total. The van der Waals surface area contributed by atoms with Crippen LogP contribution in [-0.4, -0.2) is 91.8 Å². The molecule has 3 amide bonds. The molecular weight excluding hydrogens is 570 g/mol. The van der Waals surface area contributed by atoms with Gasteiger partial charge in [-0.05, 0) is 53.0 Å². The standard InChI is InChI=1S/C32H51N3O7S/c1-20(2)23(19-21(3)28(38)39)34(11)27(37)24(32(9,10)43(13)41)33-26(36)25(35(12)29(40)42-30(4,5)6)31(7,8)22-17-15-14-16-18-22/h14-20,23-25H,1-13H3,(H,33,36)(H,38,39)/t23-,24-,25-,43?/m1/s1. The summed E-state index contributed by atoms with van der Waals surface area (Å²) in [5, 5.41) is 12.3. The molecule has 1 unspecified atom stereocenters. The molecule has 0 saturated carbocycles. The Kier molecular flexibility index (Phi) is 12.8. The lowest BCUT2D eigenvalue weighted by Gasteiger charge is -2.42. The van der Waals surface area contributed by atoms with Gasteiger partial charge in [-0.15, -0.1) is 0 Å². The molecule has 242 valence electrons. The van der Waals surface area contributed by atoms with Crippen molar-refractivity contribution in [2.75, 3.05) is 20.4 Å². The van der Waals surface area contributed by atoms with Crippen molar-refractivity contribution in [3.63, 3.8) is 0 Å². The van der Waals surface area contributed by atoms with Gasteiger partial charge in [0, 0.05) is 42.1 Å². The van der Waals surface area contributed by atoms with Crippen LogP contribution in [0.4, 0.5) is 4.79 Å². The molecule has 4 atom stereocenters. The molecule has 1 aromatic carbocycles. The summed E-state index contributed by atoms with van der Waals surface area (Å²) in [7, 11) is 1.43. The first-order chi connectivity index (χ1) is 19.5. The molecular formula is C32H51N3O7S. The molecule has 43 heavy (non-hydrogen) atoms. The first-order valence-electron chi connectivity index (χ1n) is 14.3. The minimum Gasteiger partial charge on any atom is -0.478 e. The Hall–Kier alpha value is -3.21. The highest BCUT2D eigenvalue weighted by molar-refractivity contribution is 7.85. The highest BCUT2D eigenvalue weighted by atomic mass is 32.2. The van der Waals surface area contributed by atoms with Crippen LogP contribution in [0.1, 0.15) is 74.8 Å². The lowest BCUT2D eigenvalue weighted by atomic mass is 9.76. The monoisotopic (exact) mass is 621 g/mol. The summed E-state index contributed by atoms with van der Waals surface area (Å²) in [6.45, 7) is 17.2. The van der Waals surface area contributed by atoms with E-state index in [0.29, 0.717) is 0 Å². The number of carbonyl (C=O) groups is 4. The number of amides is 3. The third-order valence-corrected chi connectivity index (χ3v) is 9.44. The summed E-state index contributed by atoms with van der Waals surface area (Å²) < 4.78 is 17.4. The van der Waals surface area contributed by atoms with Crippen LogP contribution >= 0.6 is 0 Å². The molecule has 11 heteroatoms. The minimum absolute atomic E-state index is 0.0703. The van der Waals surface area contributed by atoms with Gasteiger partial charge < -0.3 is 20.1 Å². The summed E-state index contributed by atoms with van der Waals surface area (Å²) in [6.07, 6.45) is 2.24. The van der Waals surface area contributed by atoms with Crippen molar-refractivity contribution in [3.05, 3.63) is 47.5 Å². The minimum atomic E-state index is -1.58. The maximum atomic E-state index is 14.3. The van der Waals surface area contributed by atoms with Crippen molar-refractivity contribution in [1.29, 1.82) is 0 Å². The van der Waals surface area contributed by atoms with Gasteiger partial charge in [0.1, 0.15) is 17.7 Å². The Balaban J connectivity index is 3.74. The number of rotatable bonds is 12. The zero-order chi connectivity index (χ0) is 33.7. The Bertz CT molecular complexity index is 1220. The summed E-state index contributed by atoms with van der Waals surface area (Å²) in [5.74, 6) is -2.45. The predicted molar refractivity (Wildman–Crippen MR) is 170 cm³/mol. The number of hydrogen-bond donors (Lipinski definition) is 2. The van der Waals surface area contributed by atoms with E-state index >= 15 is 0 Å². The fourth-order valence-corrected chi connectivity index (χ4v) is 5.29. The van der Waals surface area contributed by atoms with E-state index in [1.807, 2.05) is 58.0 Å². The molecule has 1 rings (SSSR count). The lowest BCUT2D eigenvalue weighted by molar-refractivity contribution is -0.139. The van der Waals surface area contributed by atoms with E-state index in [1.165, 1.54) is 43.2 Å². The predicted octanol–water partition coefficient (Wildman–Crippen LogP) is 4.36. The first-order valence-corrected chi connectivity index (χ1v) is 15.9. The molecule has 0 heterocycles. The number of ether oxygens (including phenoxy) is 1. The maximum absolute atomic E-state index is 14.3. The molecule has 10 nitrogen and oxygen atoms in total. The quantitative estimate of drug-likeness (QED) is 0.332. The Morgan fingerprint density at radius 2 is 1.47 bits per heavy atom. The van der Waals surface area contributed by atoms with Gasteiger partial charge in [-0.2, -0.15) is 0 Å². The maximum Gasteiger partial charge on any atom is 0.410 e. The highest BCUT2D eigenvalue weighted by Crippen LogP contribution is 2.32. The smallest absolute Gasteiger partial charge is 0.410 e. The number of hydrogen-bond acceptors (Lipinski definition) is 6. The van der Waals surface area contributed by atoms with E-state index in [0.717, 1.165) is 5.56 Å². The van der Waals surface area contributed by atoms with Gasteiger partial charge in [0.15, 0.2) is 0 Å². The van der Waals surface area contributed by atoms with Crippen LogP contribution in [-0.2, 0) is 35.3 Å². The molecule has 0 bridgehead atoms. The third kappa shape index (κ3) is 9.64. The normalized spacial score (nSPS) is 15.6. The van der Waals surface area contributed by atoms with Crippen LogP contribution in [0.3, 0.4) is 0 Å². The van der Waals surface area contributed by atoms with Crippen molar-refractivity contribution in [2.24, 2.45) is 5.92 Å². The van der Waals surface area contributed by atoms with E-state index in [9.17, 15) is 28.5 Å². The second-order valence-corrected chi connectivity index (χ2v) is 15.4. The Morgan fingerprint density at radius 1 is 0.953 bits per heavy atom.